The van der Waals surface area contributed by atoms with E-state index in [1.165, 1.54) is 55.0 Å². The molecule has 2 aromatic carbocycles. The Bertz CT molecular complexity index is 1580. The van der Waals surface area contributed by atoms with Crippen molar-refractivity contribution in [2.24, 2.45) is 23.2 Å². The first kappa shape index (κ1) is 25.5. The number of aromatic nitrogens is 4. The zero-order valence-electron chi connectivity index (χ0n) is 22.6. The number of fused-ring (bicyclic) bond motifs is 1. The lowest BCUT2D eigenvalue weighted by atomic mass is 9.48. The number of carbonyl (C=O) groups is 1. The number of amides is 1. The fourth-order valence-electron chi connectivity index (χ4n) is 7.89. The molecule has 4 aliphatic carbocycles. The first-order valence-electron chi connectivity index (χ1n) is 14.3. The number of thioether (sulfide) groups is 1. The number of carbonyl (C=O) groups excluding carboxylic acids is 1. The molecular weight excluding hydrogens is 522 g/mol. The van der Waals surface area contributed by atoms with Crippen LogP contribution >= 0.6 is 11.8 Å². The number of rotatable bonds is 8. The van der Waals surface area contributed by atoms with Crippen LogP contribution in [-0.2, 0) is 11.3 Å². The summed E-state index contributed by atoms with van der Waals surface area (Å²) >= 11 is 1.23. The molecule has 206 valence electrons. The van der Waals surface area contributed by atoms with E-state index >= 15 is 0 Å². The summed E-state index contributed by atoms with van der Waals surface area (Å²) in [5.74, 6) is 2.98. The van der Waals surface area contributed by atoms with Crippen LogP contribution in [-0.4, -0.2) is 37.7 Å². The standard InChI is InChI=1S/C31H33N5O3S/c1-19(31-14-21-11-22(15-31)13-23(12-21)16-31)32-26(37)18-40-30-34-33-28(39-30)27-24-9-5-6-10-25(24)29(38)36(35-27)17-20-7-3-2-4-8-20/h2-10,19,21-23H,11-18H2,1H3,(H,32,37)/t19-,21?,22?,23?,31?/m1/s1. The zero-order valence-corrected chi connectivity index (χ0v) is 23.4. The van der Waals surface area contributed by atoms with Gasteiger partial charge in [0.05, 0.1) is 17.7 Å². The molecule has 0 aliphatic heterocycles. The normalized spacial score (nSPS) is 25.8. The van der Waals surface area contributed by atoms with E-state index in [-0.39, 0.29) is 34.6 Å². The molecule has 4 fully saturated rings. The van der Waals surface area contributed by atoms with Crippen molar-refractivity contribution in [2.75, 3.05) is 5.75 Å². The Kier molecular flexibility index (Phi) is 6.49. The van der Waals surface area contributed by atoms with Gasteiger partial charge < -0.3 is 9.73 Å². The molecule has 8 nitrogen and oxygen atoms in total. The quantitative estimate of drug-likeness (QED) is 0.294. The Balaban J connectivity index is 1.06. The molecule has 40 heavy (non-hydrogen) atoms. The van der Waals surface area contributed by atoms with Crippen molar-refractivity contribution in [3.8, 4) is 11.6 Å². The highest BCUT2D eigenvalue weighted by atomic mass is 32.2. The monoisotopic (exact) mass is 555 g/mol. The molecule has 9 heteroatoms. The van der Waals surface area contributed by atoms with E-state index in [0.29, 0.717) is 28.2 Å². The van der Waals surface area contributed by atoms with E-state index in [4.69, 9.17) is 4.42 Å². The van der Waals surface area contributed by atoms with Crippen LogP contribution in [0.15, 0.2) is 69.0 Å². The molecule has 0 radical (unpaired) electrons. The van der Waals surface area contributed by atoms with Gasteiger partial charge in [-0.2, -0.15) is 5.10 Å². The molecule has 8 rings (SSSR count). The van der Waals surface area contributed by atoms with Crippen LogP contribution in [0.3, 0.4) is 0 Å². The summed E-state index contributed by atoms with van der Waals surface area (Å²) < 4.78 is 7.40. The van der Waals surface area contributed by atoms with Gasteiger partial charge in [0.1, 0.15) is 0 Å². The molecule has 2 aromatic heterocycles. The van der Waals surface area contributed by atoms with Gasteiger partial charge in [0.25, 0.3) is 16.7 Å². The van der Waals surface area contributed by atoms with Crippen molar-refractivity contribution in [2.45, 2.75) is 63.3 Å². The maximum atomic E-state index is 13.2. The second-order valence-electron chi connectivity index (χ2n) is 12.1. The summed E-state index contributed by atoms with van der Waals surface area (Å²) in [5, 5.41) is 17.8. The van der Waals surface area contributed by atoms with Crippen molar-refractivity contribution in [3.63, 3.8) is 0 Å². The summed E-state index contributed by atoms with van der Waals surface area (Å²) in [6, 6.07) is 17.2. The number of hydrogen-bond donors (Lipinski definition) is 1. The molecule has 1 N–H and O–H groups in total. The van der Waals surface area contributed by atoms with Crippen LogP contribution in [0.5, 0.6) is 0 Å². The maximum absolute atomic E-state index is 13.2. The van der Waals surface area contributed by atoms with Gasteiger partial charge in [0, 0.05) is 11.4 Å². The Morgan fingerprint density at radius 1 is 1.00 bits per heavy atom. The van der Waals surface area contributed by atoms with Gasteiger partial charge in [0.15, 0.2) is 5.69 Å². The maximum Gasteiger partial charge on any atom is 0.277 e. The van der Waals surface area contributed by atoms with Gasteiger partial charge in [0.2, 0.25) is 5.91 Å². The molecule has 4 aromatic rings. The number of nitrogens with one attached hydrogen (secondary N) is 1. The summed E-state index contributed by atoms with van der Waals surface area (Å²) in [6.07, 6.45) is 7.95. The third-order valence-corrected chi connectivity index (χ3v) is 10.2. The van der Waals surface area contributed by atoms with E-state index < -0.39 is 0 Å². The van der Waals surface area contributed by atoms with Gasteiger partial charge in [-0.05, 0) is 80.2 Å². The van der Waals surface area contributed by atoms with Crippen molar-refractivity contribution >= 4 is 28.4 Å². The van der Waals surface area contributed by atoms with Gasteiger partial charge in [-0.15, -0.1) is 10.2 Å². The largest absolute Gasteiger partial charge is 0.409 e. The summed E-state index contributed by atoms with van der Waals surface area (Å²) in [4.78, 5) is 26.1. The smallest absolute Gasteiger partial charge is 0.277 e. The average molecular weight is 556 g/mol. The Labute approximate surface area is 236 Å². The highest BCUT2D eigenvalue weighted by Crippen LogP contribution is 2.61. The molecule has 2 heterocycles. The third kappa shape index (κ3) is 4.74. The predicted molar refractivity (Wildman–Crippen MR) is 154 cm³/mol. The number of benzene rings is 2. The van der Waals surface area contributed by atoms with Gasteiger partial charge in [-0.3, -0.25) is 9.59 Å². The second kappa shape index (κ2) is 10.2. The second-order valence-corrected chi connectivity index (χ2v) is 13.0. The highest BCUT2D eigenvalue weighted by Gasteiger charge is 2.53. The molecule has 4 saturated carbocycles. The van der Waals surface area contributed by atoms with Crippen LogP contribution < -0.4 is 10.9 Å². The molecular formula is C31H33N5O3S. The fourth-order valence-corrected chi connectivity index (χ4v) is 8.47. The topological polar surface area (TPSA) is 103 Å². The molecule has 0 saturated heterocycles. The Morgan fingerprint density at radius 2 is 1.65 bits per heavy atom. The highest BCUT2D eigenvalue weighted by molar-refractivity contribution is 7.99. The van der Waals surface area contributed by atoms with Gasteiger partial charge >= 0.3 is 0 Å². The summed E-state index contributed by atoms with van der Waals surface area (Å²) in [7, 11) is 0. The van der Waals surface area contributed by atoms with Crippen LogP contribution in [0.1, 0.15) is 51.0 Å². The molecule has 1 amide bonds. The summed E-state index contributed by atoms with van der Waals surface area (Å²) in [6.45, 7) is 2.52. The first-order chi connectivity index (χ1) is 19.5. The molecule has 4 aliphatic rings. The first-order valence-corrected chi connectivity index (χ1v) is 15.2. The predicted octanol–water partition coefficient (Wildman–Crippen LogP) is 5.31. The van der Waals surface area contributed by atoms with E-state index in [1.54, 1.807) is 6.07 Å². The molecule has 1 atom stereocenters. The van der Waals surface area contributed by atoms with E-state index in [0.717, 1.165) is 23.3 Å². The Hall–Kier alpha value is -3.46. The molecule has 0 unspecified atom stereocenters. The third-order valence-electron chi connectivity index (χ3n) is 9.36. The van der Waals surface area contributed by atoms with Crippen LogP contribution in [0, 0.1) is 23.2 Å². The van der Waals surface area contributed by atoms with Gasteiger partial charge in [-0.1, -0.05) is 60.3 Å². The van der Waals surface area contributed by atoms with Crippen LogP contribution in [0.25, 0.3) is 22.4 Å². The summed E-state index contributed by atoms with van der Waals surface area (Å²) in [5.41, 5.74) is 1.50. The number of hydrogen-bond acceptors (Lipinski definition) is 7. The van der Waals surface area contributed by atoms with Gasteiger partial charge in [-0.25, -0.2) is 4.68 Å². The SMILES string of the molecule is C[C@@H](NC(=O)CSc1nnc(-c2nn(Cc3ccccc3)c(=O)c3ccccc23)o1)C12CC3CC(CC(C3)C1)C2. The van der Waals surface area contributed by atoms with Crippen molar-refractivity contribution in [1.29, 1.82) is 0 Å². The van der Waals surface area contributed by atoms with Crippen molar-refractivity contribution in [3.05, 3.63) is 70.5 Å². The van der Waals surface area contributed by atoms with Crippen molar-refractivity contribution < 1.29 is 9.21 Å². The lowest BCUT2D eigenvalue weighted by molar-refractivity contribution is -0.123. The minimum absolute atomic E-state index is 0.00650. The van der Waals surface area contributed by atoms with Crippen molar-refractivity contribution in [1.82, 2.24) is 25.3 Å². The average Bonchev–Trinajstić information content (AvgIpc) is 3.42. The number of nitrogens with zero attached hydrogens (tertiary/aromatic N) is 4. The lowest BCUT2D eigenvalue weighted by Gasteiger charge is -2.59. The van der Waals surface area contributed by atoms with E-state index in [9.17, 15) is 9.59 Å². The fraction of sp³-hybridized carbons (Fsp3) is 0.452. The molecule has 0 spiro atoms. The minimum atomic E-state index is -0.179. The lowest BCUT2D eigenvalue weighted by Crippen LogP contribution is -2.56. The van der Waals surface area contributed by atoms with E-state index in [1.807, 2.05) is 48.5 Å². The van der Waals surface area contributed by atoms with Crippen LogP contribution in [0.2, 0.25) is 0 Å². The Morgan fingerprint density at radius 3 is 2.35 bits per heavy atom. The minimum Gasteiger partial charge on any atom is -0.409 e. The van der Waals surface area contributed by atoms with E-state index in [2.05, 4.69) is 27.5 Å². The zero-order chi connectivity index (χ0) is 27.3. The van der Waals surface area contributed by atoms with Crippen LogP contribution in [0.4, 0.5) is 0 Å². The molecule has 4 bridgehead atoms.